The molecule has 0 aromatic heterocycles. The van der Waals surface area contributed by atoms with Crippen molar-refractivity contribution in [2.75, 3.05) is 33.9 Å². The molecule has 24 heavy (non-hydrogen) atoms. The lowest BCUT2D eigenvalue weighted by Crippen LogP contribution is -2.40. The molecule has 1 heterocycles. The Labute approximate surface area is 161 Å². The predicted molar refractivity (Wildman–Crippen MR) is 107 cm³/mol. The van der Waals surface area contributed by atoms with Crippen LogP contribution in [0.4, 0.5) is 0 Å². The molecule has 1 saturated heterocycles. The molecular formula is C18H28IN3O2. The maximum absolute atomic E-state index is 6.18. The normalized spacial score (nSPS) is 20.2. The van der Waals surface area contributed by atoms with Gasteiger partial charge in [-0.2, -0.15) is 0 Å². The summed E-state index contributed by atoms with van der Waals surface area (Å²) in [6.07, 6.45) is 4.40. The van der Waals surface area contributed by atoms with Gasteiger partial charge in [0, 0.05) is 31.7 Å². The van der Waals surface area contributed by atoms with E-state index >= 15 is 0 Å². The summed E-state index contributed by atoms with van der Waals surface area (Å²) in [5, 5.41) is 0. The number of hydrogen-bond donors (Lipinski definition) is 1. The molecule has 2 aliphatic rings. The van der Waals surface area contributed by atoms with Gasteiger partial charge >= 0.3 is 0 Å². The summed E-state index contributed by atoms with van der Waals surface area (Å²) in [7, 11) is 3.73. The first-order chi connectivity index (χ1) is 11.1. The van der Waals surface area contributed by atoms with Crippen molar-refractivity contribution in [3.63, 3.8) is 0 Å². The van der Waals surface area contributed by atoms with Crippen LogP contribution in [0.3, 0.4) is 0 Å². The van der Waals surface area contributed by atoms with Crippen molar-refractivity contribution in [3.8, 4) is 5.75 Å². The average Bonchev–Trinajstić information content (AvgIpc) is 3.45. The molecule has 2 fully saturated rings. The lowest BCUT2D eigenvalue weighted by Gasteiger charge is -2.37. The summed E-state index contributed by atoms with van der Waals surface area (Å²) in [5.74, 6) is 1.54. The van der Waals surface area contributed by atoms with Crippen LogP contribution in [-0.2, 0) is 10.2 Å². The highest BCUT2D eigenvalue weighted by atomic mass is 127. The molecule has 0 unspecified atom stereocenters. The van der Waals surface area contributed by atoms with E-state index in [0.717, 1.165) is 31.8 Å². The third kappa shape index (κ3) is 4.33. The summed E-state index contributed by atoms with van der Waals surface area (Å²) >= 11 is 0. The molecule has 1 aromatic carbocycles. The van der Waals surface area contributed by atoms with Gasteiger partial charge < -0.3 is 20.1 Å². The van der Waals surface area contributed by atoms with Crippen LogP contribution in [0, 0.1) is 0 Å². The van der Waals surface area contributed by atoms with Gasteiger partial charge in [-0.05, 0) is 43.4 Å². The van der Waals surface area contributed by atoms with Crippen molar-refractivity contribution in [2.45, 2.75) is 37.1 Å². The van der Waals surface area contributed by atoms with Crippen molar-refractivity contribution >= 4 is 29.9 Å². The molecule has 1 aliphatic heterocycles. The van der Waals surface area contributed by atoms with Crippen molar-refractivity contribution in [2.24, 2.45) is 10.7 Å². The third-order valence-corrected chi connectivity index (χ3v) is 5.15. The number of hydrogen-bond acceptors (Lipinski definition) is 3. The number of nitrogens with zero attached hydrogens (tertiary/aromatic N) is 2. The number of guanidine groups is 1. The van der Waals surface area contributed by atoms with Gasteiger partial charge in [-0.25, -0.2) is 0 Å². The summed E-state index contributed by atoms with van der Waals surface area (Å²) in [5.41, 5.74) is 7.49. The van der Waals surface area contributed by atoms with Gasteiger partial charge in [0.25, 0.3) is 0 Å². The molecule has 0 atom stereocenters. The van der Waals surface area contributed by atoms with Gasteiger partial charge in [0.1, 0.15) is 5.75 Å². The second-order valence-electron chi connectivity index (χ2n) is 6.64. The van der Waals surface area contributed by atoms with E-state index in [-0.39, 0.29) is 29.4 Å². The summed E-state index contributed by atoms with van der Waals surface area (Å²) < 4.78 is 10.9. The lowest BCUT2D eigenvalue weighted by atomic mass is 9.74. The van der Waals surface area contributed by atoms with Crippen molar-refractivity contribution in [3.05, 3.63) is 29.8 Å². The Balaban J connectivity index is 0.00000208. The van der Waals surface area contributed by atoms with E-state index < -0.39 is 0 Å². The van der Waals surface area contributed by atoms with Crippen molar-refractivity contribution < 1.29 is 9.47 Å². The zero-order chi connectivity index (χ0) is 16.3. The second kappa shape index (κ2) is 8.38. The fraction of sp³-hybridized carbons (Fsp3) is 0.611. The average molecular weight is 445 g/mol. The number of benzene rings is 1. The van der Waals surface area contributed by atoms with E-state index in [1.54, 1.807) is 7.11 Å². The summed E-state index contributed by atoms with van der Waals surface area (Å²) in [6, 6.07) is 8.94. The van der Waals surface area contributed by atoms with Gasteiger partial charge in [-0.3, -0.25) is 4.99 Å². The summed E-state index contributed by atoms with van der Waals surface area (Å²) in [6.45, 7) is 2.27. The molecule has 2 N–H and O–H groups in total. The zero-order valence-electron chi connectivity index (χ0n) is 14.5. The first-order valence-electron chi connectivity index (χ1n) is 8.40. The highest BCUT2D eigenvalue weighted by Gasteiger charge is 2.35. The predicted octanol–water partition coefficient (Wildman–Crippen LogP) is 2.77. The highest BCUT2D eigenvalue weighted by molar-refractivity contribution is 14.0. The Hall–Kier alpha value is -1.02. The number of nitrogens with two attached hydrogens (primary N) is 1. The molecule has 0 amide bonds. The van der Waals surface area contributed by atoms with Crippen LogP contribution >= 0.6 is 24.0 Å². The van der Waals surface area contributed by atoms with Crippen LogP contribution in [0.15, 0.2) is 29.3 Å². The first kappa shape index (κ1) is 19.3. The highest BCUT2D eigenvalue weighted by Crippen LogP contribution is 2.36. The van der Waals surface area contributed by atoms with Gasteiger partial charge in [0.2, 0.25) is 0 Å². The molecule has 0 radical (unpaired) electrons. The van der Waals surface area contributed by atoms with Crippen LogP contribution in [0.5, 0.6) is 5.75 Å². The molecule has 1 aliphatic carbocycles. The Kier molecular flexibility index (Phi) is 6.74. The van der Waals surface area contributed by atoms with E-state index in [9.17, 15) is 0 Å². The molecule has 134 valence electrons. The quantitative estimate of drug-likeness (QED) is 0.430. The number of rotatable bonds is 5. The second-order valence-corrected chi connectivity index (χ2v) is 6.64. The maximum Gasteiger partial charge on any atom is 0.191 e. The van der Waals surface area contributed by atoms with Gasteiger partial charge in [0.15, 0.2) is 5.96 Å². The zero-order valence-corrected chi connectivity index (χ0v) is 16.9. The first-order valence-corrected chi connectivity index (χ1v) is 8.40. The van der Waals surface area contributed by atoms with E-state index in [0.29, 0.717) is 18.5 Å². The number of ether oxygens (including phenoxy) is 2. The molecule has 6 heteroatoms. The molecule has 0 bridgehead atoms. The molecular weight excluding hydrogens is 417 g/mol. The molecule has 1 saturated carbocycles. The van der Waals surface area contributed by atoms with Crippen molar-refractivity contribution in [1.29, 1.82) is 0 Å². The Morgan fingerprint density at radius 2 is 1.92 bits per heavy atom. The maximum atomic E-state index is 6.18. The smallest absolute Gasteiger partial charge is 0.191 e. The lowest BCUT2D eigenvalue weighted by molar-refractivity contribution is 0.0530. The minimum absolute atomic E-state index is 0. The fourth-order valence-corrected chi connectivity index (χ4v) is 3.24. The van der Waals surface area contributed by atoms with Gasteiger partial charge in [0.05, 0.1) is 13.7 Å². The van der Waals surface area contributed by atoms with Gasteiger partial charge in [-0.1, -0.05) is 12.1 Å². The molecule has 0 spiro atoms. The standard InChI is InChI=1S/C18H27N3O2.HI/c1-21(15-5-6-15)17(19)20-13-18(9-11-23-12-10-18)14-3-7-16(22-2)8-4-14;/h3-4,7-8,15H,5-6,9-13H2,1-2H3,(H2,19,20);1H. The van der Waals surface area contributed by atoms with Crippen LogP contribution in [-0.4, -0.2) is 50.8 Å². The molecule has 1 aromatic rings. The monoisotopic (exact) mass is 445 g/mol. The number of halogens is 1. The van der Waals surface area contributed by atoms with E-state index in [1.807, 2.05) is 19.2 Å². The largest absolute Gasteiger partial charge is 0.497 e. The topological polar surface area (TPSA) is 60.1 Å². The summed E-state index contributed by atoms with van der Waals surface area (Å²) in [4.78, 5) is 6.85. The minimum Gasteiger partial charge on any atom is -0.497 e. The Morgan fingerprint density at radius 1 is 1.29 bits per heavy atom. The van der Waals surface area contributed by atoms with Crippen LogP contribution in [0.2, 0.25) is 0 Å². The van der Waals surface area contributed by atoms with Crippen LogP contribution < -0.4 is 10.5 Å². The molecule has 5 nitrogen and oxygen atoms in total. The van der Waals surface area contributed by atoms with Crippen molar-refractivity contribution in [1.82, 2.24) is 4.90 Å². The minimum atomic E-state index is 0. The van der Waals surface area contributed by atoms with Crippen LogP contribution in [0.1, 0.15) is 31.2 Å². The molecule has 3 rings (SSSR count). The van der Waals surface area contributed by atoms with E-state index in [2.05, 4.69) is 17.0 Å². The number of methoxy groups -OCH3 is 1. The van der Waals surface area contributed by atoms with E-state index in [1.165, 1.54) is 18.4 Å². The SMILES string of the molecule is COc1ccc(C2(CN=C(N)N(C)C3CC3)CCOCC2)cc1.I. The third-order valence-electron chi connectivity index (χ3n) is 5.15. The van der Waals surface area contributed by atoms with Crippen LogP contribution in [0.25, 0.3) is 0 Å². The van der Waals surface area contributed by atoms with E-state index in [4.69, 9.17) is 20.2 Å². The Morgan fingerprint density at radius 3 is 2.46 bits per heavy atom. The number of aliphatic imine (C=N–C) groups is 1. The Bertz CT molecular complexity index is 552. The fourth-order valence-electron chi connectivity index (χ4n) is 3.24. The van der Waals surface area contributed by atoms with Gasteiger partial charge in [-0.15, -0.1) is 24.0 Å².